The van der Waals surface area contributed by atoms with Crippen molar-refractivity contribution in [1.29, 1.82) is 0 Å². The number of thiophene rings is 1. The van der Waals surface area contributed by atoms with Gasteiger partial charge in [0.25, 0.3) is 0 Å². The molecule has 1 aromatic heterocycles. The Kier molecular flexibility index (Phi) is 4.54. The molecule has 0 aliphatic carbocycles. The second kappa shape index (κ2) is 7.04. The highest BCUT2D eigenvalue weighted by molar-refractivity contribution is 7.15. The third kappa shape index (κ3) is 3.12. The lowest BCUT2D eigenvalue weighted by molar-refractivity contribution is -0.144. The van der Waals surface area contributed by atoms with E-state index in [1.807, 2.05) is 16.2 Å². The van der Waals surface area contributed by atoms with Gasteiger partial charge in [-0.15, -0.1) is 11.3 Å². The minimum absolute atomic E-state index is 0.0632. The second-order valence-corrected chi connectivity index (χ2v) is 8.86. The van der Waals surface area contributed by atoms with Crippen molar-refractivity contribution in [2.24, 2.45) is 5.92 Å². The molecule has 3 aliphatic rings. The third-order valence-electron chi connectivity index (χ3n) is 6.19. The fourth-order valence-electron chi connectivity index (χ4n) is 4.61. The van der Waals surface area contributed by atoms with Crippen LogP contribution in [0.5, 0.6) is 0 Å². The summed E-state index contributed by atoms with van der Waals surface area (Å²) >= 11 is 1.88. The van der Waals surface area contributed by atoms with E-state index in [1.54, 1.807) is 0 Å². The quantitative estimate of drug-likeness (QED) is 0.791. The highest BCUT2D eigenvalue weighted by Gasteiger charge is 2.44. The van der Waals surface area contributed by atoms with Crippen LogP contribution in [0.4, 0.5) is 0 Å². The maximum Gasteiger partial charge on any atom is 0.228 e. The monoisotopic (exact) mass is 383 g/mol. The zero-order chi connectivity index (χ0) is 18.3. The molecule has 1 atom stereocenters. The molecule has 2 fully saturated rings. The number of piperidine rings is 1. The molecule has 1 aromatic carbocycles. The summed E-state index contributed by atoms with van der Waals surface area (Å²) in [6.45, 7) is 3.66. The molecule has 27 heavy (non-hydrogen) atoms. The van der Waals surface area contributed by atoms with Gasteiger partial charge in [-0.3, -0.25) is 4.79 Å². The van der Waals surface area contributed by atoms with Gasteiger partial charge in [0.1, 0.15) is 5.60 Å². The van der Waals surface area contributed by atoms with E-state index < -0.39 is 0 Å². The van der Waals surface area contributed by atoms with Crippen LogP contribution in [0.3, 0.4) is 0 Å². The second-order valence-electron chi connectivity index (χ2n) is 7.81. The van der Waals surface area contributed by atoms with Gasteiger partial charge < -0.3 is 14.4 Å². The Morgan fingerprint density at radius 2 is 1.96 bits per heavy atom. The van der Waals surface area contributed by atoms with Crippen molar-refractivity contribution in [3.63, 3.8) is 0 Å². The fraction of sp³-hybridized carbons (Fsp3) is 0.500. The Morgan fingerprint density at radius 1 is 1.15 bits per heavy atom. The zero-order valence-corrected chi connectivity index (χ0v) is 16.3. The van der Waals surface area contributed by atoms with Gasteiger partial charge in [-0.25, -0.2) is 0 Å². The first-order valence-corrected chi connectivity index (χ1v) is 10.8. The van der Waals surface area contributed by atoms with Crippen LogP contribution >= 0.6 is 11.3 Å². The number of fused-ring (bicyclic) bond motifs is 2. The van der Waals surface area contributed by atoms with Crippen LogP contribution in [-0.2, 0) is 26.3 Å². The van der Waals surface area contributed by atoms with Crippen molar-refractivity contribution < 1.29 is 14.3 Å². The first-order chi connectivity index (χ1) is 13.3. The van der Waals surface area contributed by atoms with Crippen molar-refractivity contribution in [1.82, 2.24) is 4.90 Å². The number of likely N-dealkylation sites (tertiary alicyclic amines) is 1. The van der Waals surface area contributed by atoms with Gasteiger partial charge in [-0.2, -0.15) is 0 Å². The van der Waals surface area contributed by atoms with Gasteiger partial charge in [0.05, 0.1) is 19.1 Å². The first kappa shape index (κ1) is 17.4. The van der Waals surface area contributed by atoms with E-state index in [4.69, 9.17) is 9.47 Å². The summed E-state index contributed by atoms with van der Waals surface area (Å²) in [6.07, 6.45) is 3.65. The van der Waals surface area contributed by atoms with Crippen LogP contribution < -0.4 is 0 Å². The van der Waals surface area contributed by atoms with E-state index in [0.29, 0.717) is 6.61 Å². The third-order valence-corrected chi connectivity index (χ3v) is 7.60. The van der Waals surface area contributed by atoms with E-state index in [1.165, 1.54) is 20.9 Å². The van der Waals surface area contributed by atoms with Crippen molar-refractivity contribution in [3.05, 3.63) is 46.8 Å². The van der Waals surface area contributed by atoms with Crippen LogP contribution in [0, 0.1) is 5.92 Å². The molecule has 0 radical (unpaired) electrons. The minimum Gasteiger partial charge on any atom is -0.381 e. The number of rotatable bonds is 2. The summed E-state index contributed by atoms with van der Waals surface area (Å²) in [5, 5.41) is 0. The average molecular weight is 384 g/mol. The molecule has 0 saturated carbocycles. The van der Waals surface area contributed by atoms with Crippen LogP contribution in [-0.4, -0.2) is 43.7 Å². The van der Waals surface area contributed by atoms with Crippen LogP contribution in [0.25, 0.3) is 10.4 Å². The molecule has 4 heterocycles. The Balaban J connectivity index is 1.36. The first-order valence-electron chi connectivity index (χ1n) is 9.94. The highest BCUT2D eigenvalue weighted by atomic mass is 32.1. The molecule has 142 valence electrons. The Morgan fingerprint density at radius 3 is 2.70 bits per heavy atom. The Bertz CT molecular complexity index is 817. The summed E-state index contributed by atoms with van der Waals surface area (Å²) in [4.78, 5) is 17.5. The molecule has 0 N–H and O–H groups in total. The molecule has 2 saturated heterocycles. The number of carbonyl (C=O) groups excluding carboxylic acids is 1. The minimum atomic E-state index is -0.200. The maximum atomic E-state index is 12.7. The highest BCUT2D eigenvalue weighted by Crippen LogP contribution is 2.47. The molecule has 1 spiro atoms. The molecule has 5 heteroatoms. The van der Waals surface area contributed by atoms with Gasteiger partial charge in [0.15, 0.2) is 0 Å². The molecule has 3 aliphatic heterocycles. The predicted octanol–water partition coefficient (Wildman–Crippen LogP) is 3.84. The molecule has 4 nitrogen and oxygen atoms in total. The summed E-state index contributed by atoms with van der Waals surface area (Å²) in [5.41, 5.74) is 2.52. The van der Waals surface area contributed by atoms with E-state index in [0.717, 1.165) is 52.0 Å². The molecule has 1 unspecified atom stereocenters. The largest absolute Gasteiger partial charge is 0.381 e. The summed E-state index contributed by atoms with van der Waals surface area (Å²) in [5.74, 6) is 0.336. The molecule has 0 bridgehead atoms. The van der Waals surface area contributed by atoms with E-state index in [-0.39, 0.29) is 17.4 Å². The lowest BCUT2D eigenvalue weighted by atomic mass is 9.85. The summed E-state index contributed by atoms with van der Waals surface area (Å²) in [7, 11) is 0. The van der Waals surface area contributed by atoms with Crippen LogP contribution in [0.2, 0.25) is 0 Å². The van der Waals surface area contributed by atoms with Crippen LogP contribution in [0.15, 0.2) is 36.4 Å². The number of hydrogen-bond donors (Lipinski definition) is 0. The number of ether oxygens (including phenoxy) is 2. The van der Waals surface area contributed by atoms with Crippen molar-refractivity contribution in [3.8, 4) is 10.4 Å². The van der Waals surface area contributed by atoms with Gasteiger partial charge in [0.2, 0.25) is 5.91 Å². The van der Waals surface area contributed by atoms with Gasteiger partial charge >= 0.3 is 0 Å². The van der Waals surface area contributed by atoms with Crippen molar-refractivity contribution in [2.45, 2.75) is 31.3 Å². The molecule has 5 rings (SSSR count). The molecular weight excluding hydrogens is 358 g/mol. The molecule has 2 aromatic rings. The number of nitrogens with zero attached hydrogens (tertiary/aromatic N) is 1. The number of amides is 1. The topological polar surface area (TPSA) is 38.8 Å². The predicted molar refractivity (Wildman–Crippen MR) is 106 cm³/mol. The van der Waals surface area contributed by atoms with E-state index in [9.17, 15) is 4.79 Å². The number of carbonyl (C=O) groups is 1. The Hall–Kier alpha value is -1.69. The van der Waals surface area contributed by atoms with E-state index in [2.05, 4.69) is 36.4 Å². The van der Waals surface area contributed by atoms with E-state index >= 15 is 0 Å². The standard InChI is InChI=1S/C22H25NO3S/c24-21(18-6-12-25-15-18)23-10-8-22(9-11-23)20-17(7-13-26-22)14-19(27-20)16-4-2-1-3-5-16/h1-5,14,18H,6-13,15H2. The fourth-order valence-corrected chi connectivity index (χ4v) is 6.03. The van der Waals surface area contributed by atoms with Gasteiger partial charge in [-0.1, -0.05) is 30.3 Å². The zero-order valence-electron chi connectivity index (χ0n) is 15.5. The normalized spacial score (nSPS) is 24.1. The smallest absolute Gasteiger partial charge is 0.228 e. The maximum absolute atomic E-state index is 12.7. The molecule has 1 amide bonds. The van der Waals surface area contributed by atoms with Crippen molar-refractivity contribution in [2.75, 3.05) is 32.9 Å². The van der Waals surface area contributed by atoms with Gasteiger partial charge in [-0.05, 0) is 42.9 Å². The lowest BCUT2D eigenvalue weighted by Gasteiger charge is -2.44. The van der Waals surface area contributed by atoms with Crippen molar-refractivity contribution >= 4 is 17.2 Å². The van der Waals surface area contributed by atoms with Gasteiger partial charge in [0, 0.05) is 29.5 Å². The number of hydrogen-bond acceptors (Lipinski definition) is 4. The average Bonchev–Trinajstić information content (AvgIpc) is 3.40. The number of benzene rings is 1. The summed E-state index contributed by atoms with van der Waals surface area (Å²) in [6, 6.07) is 13.0. The lowest BCUT2D eigenvalue weighted by Crippen LogP contribution is -2.49. The summed E-state index contributed by atoms with van der Waals surface area (Å²) < 4.78 is 11.8. The van der Waals surface area contributed by atoms with Crippen LogP contribution in [0.1, 0.15) is 29.7 Å². The SMILES string of the molecule is O=C(C1CCOC1)N1CCC2(CC1)OCCc1cc(-c3ccccc3)sc12. The molecular formula is C22H25NO3S. The Labute approximate surface area is 164 Å².